The van der Waals surface area contributed by atoms with E-state index in [2.05, 4.69) is 15.2 Å². The number of piperidine rings is 1. The van der Waals surface area contributed by atoms with Crippen molar-refractivity contribution >= 4 is 5.91 Å². The van der Waals surface area contributed by atoms with Crippen LogP contribution in [0.5, 0.6) is 5.75 Å². The van der Waals surface area contributed by atoms with E-state index in [1.54, 1.807) is 19.5 Å². The van der Waals surface area contributed by atoms with Gasteiger partial charge in [0.05, 0.1) is 18.1 Å². The SMILES string of the molecule is COCCCNC(=O)[C@@H]1C[C@H](COc2cccc(C(F)(F)F)c2)CN(Cc2ccncc2)C1. The Balaban J connectivity index is 1.64. The molecular formula is C24H30F3N3O3. The second-order valence-corrected chi connectivity index (χ2v) is 8.32. The minimum atomic E-state index is -4.42. The van der Waals surface area contributed by atoms with Crippen molar-refractivity contribution in [2.45, 2.75) is 25.6 Å². The van der Waals surface area contributed by atoms with Crippen LogP contribution < -0.4 is 10.1 Å². The Morgan fingerprint density at radius 1 is 1.21 bits per heavy atom. The zero-order valence-corrected chi connectivity index (χ0v) is 18.7. The van der Waals surface area contributed by atoms with Gasteiger partial charge in [-0.25, -0.2) is 0 Å². The molecule has 2 aromatic rings. The molecule has 1 saturated heterocycles. The molecule has 6 nitrogen and oxygen atoms in total. The smallest absolute Gasteiger partial charge is 0.416 e. The summed E-state index contributed by atoms with van der Waals surface area (Å²) in [6, 6.07) is 8.76. The van der Waals surface area contributed by atoms with Crippen molar-refractivity contribution in [2.75, 3.05) is 40.0 Å². The van der Waals surface area contributed by atoms with Crippen LogP contribution in [0.3, 0.4) is 0 Å². The number of benzene rings is 1. The number of hydrogen-bond acceptors (Lipinski definition) is 5. The van der Waals surface area contributed by atoms with Gasteiger partial charge in [-0.15, -0.1) is 0 Å². The van der Waals surface area contributed by atoms with Gasteiger partial charge < -0.3 is 14.8 Å². The summed E-state index contributed by atoms with van der Waals surface area (Å²) in [7, 11) is 1.62. The van der Waals surface area contributed by atoms with E-state index in [1.165, 1.54) is 12.1 Å². The van der Waals surface area contributed by atoms with E-state index in [-0.39, 0.29) is 30.1 Å². The third-order valence-corrected chi connectivity index (χ3v) is 5.61. The molecule has 0 radical (unpaired) electrons. The summed E-state index contributed by atoms with van der Waals surface area (Å²) in [6.45, 7) is 3.32. The molecule has 2 heterocycles. The number of carbonyl (C=O) groups is 1. The Labute approximate surface area is 192 Å². The molecule has 2 atom stereocenters. The Morgan fingerprint density at radius 3 is 2.73 bits per heavy atom. The topological polar surface area (TPSA) is 63.7 Å². The van der Waals surface area contributed by atoms with Crippen LogP contribution in [-0.4, -0.2) is 55.7 Å². The average molecular weight is 466 g/mol. The highest BCUT2D eigenvalue weighted by molar-refractivity contribution is 5.79. The first-order chi connectivity index (χ1) is 15.8. The highest BCUT2D eigenvalue weighted by atomic mass is 19.4. The van der Waals surface area contributed by atoms with Crippen molar-refractivity contribution in [1.29, 1.82) is 0 Å². The number of pyridine rings is 1. The Bertz CT molecular complexity index is 880. The average Bonchev–Trinajstić information content (AvgIpc) is 2.80. The lowest BCUT2D eigenvalue weighted by molar-refractivity contribution is -0.137. The van der Waals surface area contributed by atoms with E-state index in [9.17, 15) is 18.0 Å². The van der Waals surface area contributed by atoms with E-state index in [0.29, 0.717) is 39.2 Å². The van der Waals surface area contributed by atoms with Gasteiger partial charge in [0.25, 0.3) is 0 Å². The molecule has 1 aromatic heterocycles. The van der Waals surface area contributed by atoms with Crippen molar-refractivity contribution in [3.8, 4) is 5.75 Å². The number of nitrogens with zero attached hydrogens (tertiary/aromatic N) is 2. The molecule has 0 spiro atoms. The first-order valence-corrected chi connectivity index (χ1v) is 11.0. The summed E-state index contributed by atoms with van der Waals surface area (Å²) in [5.74, 6) is -0.0608. The number of rotatable bonds is 10. The molecule has 9 heteroatoms. The molecule has 1 aliphatic rings. The van der Waals surface area contributed by atoms with Crippen molar-refractivity contribution in [3.05, 3.63) is 59.9 Å². The fourth-order valence-corrected chi connectivity index (χ4v) is 4.04. The predicted molar refractivity (Wildman–Crippen MR) is 118 cm³/mol. The van der Waals surface area contributed by atoms with E-state index < -0.39 is 11.7 Å². The molecule has 0 aliphatic carbocycles. The van der Waals surface area contributed by atoms with E-state index >= 15 is 0 Å². The second-order valence-electron chi connectivity index (χ2n) is 8.32. The fraction of sp³-hybridized carbons (Fsp3) is 0.500. The van der Waals surface area contributed by atoms with Crippen molar-refractivity contribution in [3.63, 3.8) is 0 Å². The van der Waals surface area contributed by atoms with Gasteiger partial charge in [-0.1, -0.05) is 6.07 Å². The van der Waals surface area contributed by atoms with Gasteiger partial charge in [0.1, 0.15) is 5.75 Å². The standard InChI is InChI=1S/C24H30F3N3O3/c1-32-11-3-8-29-23(31)20-12-19(15-30(16-20)14-18-6-9-28-10-7-18)17-33-22-5-2-4-21(13-22)24(25,26)27/h2,4-7,9-10,13,19-20H,3,8,11-12,14-17H2,1H3,(H,29,31)/t19-,20+/m0/s1. The van der Waals surface area contributed by atoms with Crippen molar-refractivity contribution in [1.82, 2.24) is 15.2 Å². The predicted octanol–water partition coefficient (Wildman–Crippen LogP) is 3.77. The second kappa shape index (κ2) is 12.0. The number of hydrogen-bond donors (Lipinski definition) is 1. The largest absolute Gasteiger partial charge is 0.493 e. The molecule has 0 unspecified atom stereocenters. The van der Waals surface area contributed by atoms with E-state index in [1.807, 2.05) is 12.1 Å². The minimum Gasteiger partial charge on any atom is -0.493 e. The van der Waals surface area contributed by atoms with Gasteiger partial charge >= 0.3 is 6.18 Å². The zero-order valence-electron chi connectivity index (χ0n) is 18.7. The van der Waals surface area contributed by atoms with Gasteiger partial charge in [0.15, 0.2) is 0 Å². The maximum Gasteiger partial charge on any atom is 0.416 e. The molecule has 1 aromatic carbocycles. The third-order valence-electron chi connectivity index (χ3n) is 5.61. The molecule has 180 valence electrons. The van der Waals surface area contributed by atoms with Crippen molar-refractivity contribution < 1.29 is 27.4 Å². The van der Waals surface area contributed by atoms with Gasteiger partial charge in [0, 0.05) is 58.2 Å². The van der Waals surface area contributed by atoms with Gasteiger partial charge in [-0.3, -0.25) is 14.7 Å². The van der Waals surface area contributed by atoms with Crippen LogP contribution in [0.1, 0.15) is 24.0 Å². The van der Waals surface area contributed by atoms with Gasteiger partial charge in [0.2, 0.25) is 5.91 Å². The van der Waals surface area contributed by atoms with Crippen LogP contribution in [0.25, 0.3) is 0 Å². The van der Waals surface area contributed by atoms with Gasteiger partial charge in [-0.2, -0.15) is 13.2 Å². The number of carbonyl (C=O) groups excluding carboxylic acids is 1. The maximum atomic E-state index is 13.0. The Kier molecular flexibility index (Phi) is 9.08. The first-order valence-electron chi connectivity index (χ1n) is 11.0. The maximum absolute atomic E-state index is 13.0. The number of methoxy groups -OCH3 is 1. The molecule has 1 fully saturated rings. The number of likely N-dealkylation sites (tertiary alicyclic amines) is 1. The summed E-state index contributed by atoms with van der Waals surface area (Å²) >= 11 is 0. The van der Waals surface area contributed by atoms with E-state index in [4.69, 9.17) is 9.47 Å². The van der Waals surface area contributed by atoms with Crippen LogP contribution in [0.15, 0.2) is 48.8 Å². The molecule has 1 amide bonds. The number of ether oxygens (including phenoxy) is 2. The lowest BCUT2D eigenvalue weighted by Crippen LogP contribution is -2.47. The third kappa shape index (κ3) is 8.01. The summed E-state index contributed by atoms with van der Waals surface area (Å²) < 4.78 is 49.7. The van der Waals surface area contributed by atoms with Crippen LogP contribution in [-0.2, 0) is 22.3 Å². The summed E-state index contributed by atoms with van der Waals surface area (Å²) in [5, 5.41) is 2.97. The van der Waals surface area contributed by atoms with Crippen LogP contribution in [0.4, 0.5) is 13.2 Å². The van der Waals surface area contributed by atoms with Gasteiger partial charge in [-0.05, 0) is 48.7 Å². The Morgan fingerprint density at radius 2 is 2.00 bits per heavy atom. The molecule has 33 heavy (non-hydrogen) atoms. The highest BCUT2D eigenvalue weighted by Gasteiger charge is 2.33. The lowest BCUT2D eigenvalue weighted by Gasteiger charge is -2.37. The minimum absolute atomic E-state index is 0.00450. The number of nitrogens with one attached hydrogen (secondary N) is 1. The molecular weight excluding hydrogens is 435 g/mol. The fourth-order valence-electron chi connectivity index (χ4n) is 4.04. The molecule has 0 saturated carbocycles. The number of alkyl halides is 3. The van der Waals surface area contributed by atoms with Crippen molar-refractivity contribution in [2.24, 2.45) is 11.8 Å². The van der Waals surface area contributed by atoms with Crippen LogP contribution >= 0.6 is 0 Å². The van der Waals surface area contributed by atoms with E-state index in [0.717, 1.165) is 24.1 Å². The summed E-state index contributed by atoms with van der Waals surface area (Å²) in [5.41, 5.74) is 0.347. The number of amides is 1. The van der Waals surface area contributed by atoms with Crippen LogP contribution in [0.2, 0.25) is 0 Å². The summed E-state index contributed by atoms with van der Waals surface area (Å²) in [4.78, 5) is 19.0. The number of halogens is 3. The highest BCUT2D eigenvalue weighted by Crippen LogP contribution is 2.32. The normalized spacial score (nSPS) is 19.3. The zero-order chi connectivity index (χ0) is 23.7. The van der Waals surface area contributed by atoms with Crippen LogP contribution in [0, 0.1) is 11.8 Å². The Hall–Kier alpha value is -2.65. The quantitative estimate of drug-likeness (QED) is 0.542. The molecule has 0 bridgehead atoms. The molecule has 1 N–H and O–H groups in total. The molecule has 1 aliphatic heterocycles. The lowest BCUT2D eigenvalue weighted by atomic mass is 9.88. The summed E-state index contributed by atoms with van der Waals surface area (Å²) in [6.07, 6.45) is 0.387. The monoisotopic (exact) mass is 465 g/mol. The first kappa shape index (κ1) is 25.0. The molecule has 3 rings (SSSR count). The number of aromatic nitrogens is 1.